The van der Waals surface area contributed by atoms with Crippen molar-refractivity contribution in [3.63, 3.8) is 0 Å². The Balaban J connectivity index is 1.23. The van der Waals surface area contributed by atoms with Crippen LogP contribution in [0.4, 0.5) is 4.39 Å². The van der Waals surface area contributed by atoms with Gasteiger partial charge in [0.25, 0.3) is 0 Å². The molecule has 3 N–H and O–H groups in total. The predicted molar refractivity (Wildman–Crippen MR) is 118 cm³/mol. The van der Waals surface area contributed by atoms with Gasteiger partial charge in [0, 0.05) is 45.2 Å². The lowest BCUT2D eigenvalue weighted by atomic mass is 9.83. The number of likely N-dealkylation sites (tertiary alicyclic amines) is 1. The predicted octanol–water partition coefficient (Wildman–Crippen LogP) is 0.403. The van der Waals surface area contributed by atoms with Crippen LogP contribution in [0.1, 0.15) is 38.5 Å². The molecule has 0 aromatic rings. The number of hydrogen-bond acceptors (Lipinski definition) is 6. The fourth-order valence-corrected chi connectivity index (χ4v) is 6.78. The van der Waals surface area contributed by atoms with Crippen LogP contribution in [-0.2, 0) is 14.3 Å². The second-order valence-corrected chi connectivity index (χ2v) is 10.9. The van der Waals surface area contributed by atoms with E-state index in [9.17, 15) is 14.0 Å². The van der Waals surface area contributed by atoms with Gasteiger partial charge in [-0.3, -0.25) is 15.0 Å². The highest BCUT2D eigenvalue weighted by Gasteiger charge is 2.53. The van der Waals surface area contributed by atoms with Crippen molar-refractivity contribution in [2.24, 2.45) is 11.8 Å². The van der Waals surface area contributed by atoms with Gasteiger partial charge in [-0.05, 0) is 44.4 Å². The average molecular weight is 472 g/mol. The number of amides is 2. The molecule has 0 radical (unpaired) electrons. The quantitative estimate of drug-likeness (QED) is 0.503. The Morgan fingerprint density at radius 1 is 1.19 bits per heavy atom. The fraction of sp³-hybridized carbons (Fsp3) is 0.909. The highest BCUT2D eigenvalue weighted by Crippen LogP contribution is 2.42. The third kappa shape index (κ3) is 3.83. The van der Waals surface area contributed by atoms with E-state index in [1.165, 1.54) is 0 Å². The Bertz CT molecular complexity index is 755. The van der Waals surface area contributed by atoms with E-state index in [1.807, 2.05) is 16.8 Å². The molecule has 5 rings (SSSR count). The fourth-order valence-electron chi connectivity index (χ4n) is 6.37. The van der Waals surface area contributed by atoms with Crippen LogP contribution in [0.2, 0.25) is 0 Å². The number of nitrogens with one attached hydrogen (secondary N) is 3. The number of hydrazine groups is 1. The first kappa shape index (κ1) is 22.8. The molecule has 32 heavy (non-hydrogen) atoms. The van der Waals surface area contributed by atoms with E-state index >= 15 is 0 Å². The molecule has 0 spiro atoms. The third-order valence-corrected chi connectivity index (χ3v) is 9.21. The average Bonchev–Trinajstić information content (AvgIpc) is 3.26. The SMILES string of the molecule is COCC1(N(C)C(=O)C2NNC3CCN(C(=O)C4CC5C(CCC(F)C5Cl)N4)CC32)CC1. The monoisotopic (exact) mass is 471 g/mol. The third-order valence-electron chi connectivity index (χ3n) is 8.62. The van der Waals surface area contributed by atoms with Gasteiger partial charge in [0.05, 0.1) is 23.6 Å². The Labute approximate surface area is 193 Å². The number of piperidine rings is 1. The zero-order chi connectivity index (χ0) is 22.6. The van der Waals surface area contributed by atoms with Crippen LogP contribution in [0.25, 0.3) is 0 Å². The summed E-state index contributed by atoms with van der Waals surface area (Å²) in [6, 6.07) is -0.404. The number of alkyl halides is 2. The van der Waals surface area contributed by atoms with Crippen LogP contribution in [0.15, 0.2) is 0 Å². The molecule has 0 bridgehead atoms. The number of hydrogen-bond donors (Lipinski definition) is 3. The van der Waals surface area contributed by atoms with Crippen LogP contribution >= 0.6 is 11.6 Å². The second-order valence-electron chi connectivity index (χ2n) is 10.4. The molecular formula is C22H35ClFN5O3. The molecule has 8 nitrogen and oxygen atoms in total. The van der Waals surface area contributed by atoms with Gasteiger partial charge < -0.3 is 19.9 Å². The molecule has 3 heterocycles. The van der Waals surface area contributed by atoms with Crippen molar-refractivity contribution in [2.45, 2.75) is 79.8 Å². The first-order chi connectivity index (χ1) is 15.3. The van der Waals surface area contributed by atoms with Crippen LogP contribution in [0.3, 0.4) is 0 Å². The van der Waals surface area contributed by atoms with E-state index in [-0.39, 0.29) is 53.4 Å². The molecule has 180 valence electrons. The molecule has 8 atom stereocenters. The summed E-state index contributed by atoms with van der Waals surface area (Å²) in [6.45, 7) is 1.74. The number of carbonyl (C=O) groups excluding carboxylic acids is 2. The van der Waals surface area contributed by atoms with Crippen molar-refractivity contribution in [2.75, 3.05) is 33.9 Å². The Morgan fingerprint density at radius 3 is 2.69 bits per heavy atom. The van der Waals surface area contributed by atoms with Gasteiger partial charge >= 0.3 is 0 Å². The summed E-state index contributed by atoms with van der Waals surface area (Å²) < 4.78 is 19.4. The molecule has 3 saturated heterocycles. The molecule has 0 aromatic heterocycles. The number of fused-ring (bicyclic) bond motifs is 2. The van der Waals surface area contributed by atoms with Gasteiger partial charge in [0.2, 0.25) is 11.8 Å². The van der Waals surface area contributed by atoms with E-state index in [4.69, 9.17) is 16.3 Å². The maximum atomic E-state index is 14.1. The topological polar surface area (TPSA) is 85.9 Å². The number of likely N-dealkylation sites (N-methyl/N-ethyl adjacent to an activating group) is 1. The van der Waals surface area contributed by atoms with Crippen LogP contribution < -0.4 is 16.2 Å². The Kier molecular flexibility index (Phi) is 6.16. The standard InChI is InChI=1S/C22H35ClFN5O3/c1-28(22(6-7-22)11-32-2)21(31)19-13-10-29(8-5-16(13)26-27-19)20(30)17-9-12-15(25-17)4-3-14(24)18(12)23/h12-19,25-27H,3-11H2,1-2H3. The Hall–Kier alpha value is -1.00. The van der Waals surface area contributed by atoms with Crippen molar-refractivity contribution in [3.8, 4) is 0 Å². The van der Waals surface area contributed by atoms with Gasteiger partial charge in [-0.1, -0.05) is 0 Å². The molecule has 2 aliphatic carbocycles. The van der Waals surface area contributed by atoms with Crippen molar-refractivity contribution in [1.82, 2.24) is 26.0 Å². The molecule has 2 saturated carbocycles. The minimum atomic E-state index is -0.989. The van der Waals surface area contributed by atoms with E-state index in [1.54, 1.807) is 7.11 Å². The van der Waals surface area contributed by atoms with Gasteiger partial charge in [0.1, 0.15) is 12.2 Å². The summed E-state index contributed by atoms with van der Waals surface area (Å²) in [7, 11) is 3.53. The van der Waals surface area contributed by atoms with E-state index in [0.29, 0.717) is 32.5 Å². The van der Waals surface area contributed by atoms with Crippen LogP contribution in [0, 0.1) is 11.8 Å². The first-order valence-electron chi connectivity index (χ1n) is 12.0. The number of methoxy groups -OCH3 is 1. The summed E-state index contributed by atoms with van der Waals surface area (Å²) in [5.41, 5.74) is 6.31. The number of ether oxygens (including phenoxy) is 1. The van der Waals surface area contributed by atoms with Gasteiger partial charge in [-0.15, -0.1) is 11.6 Å². The summed E-state index contributed by atoms with van der Waals surface area (Å²) in [4.78, 5) is 30.4. The lowest BCUT2D eigenvalue weighted by Crippen LogP contribution is -2.56. The minimum Gasteiger partial charge on any atom is -0.382 e. The van der Waals surface area contributed by atoms with Gasteiger partial charge in [-0.2, -0.15) is 0 Å². The Morgan fingerprint density at radius 2 is 1.97 bits per heavy atom. The van der Waals surface area contributed by atoms with E-state index in [2.05, 4.69) is 16.2 Å². The maximum absolute atomic E-state index is 14.1. The van der Waals surface area contributed by atoms with Gasteiger partial charge in [0.15, 0.2) is 0 Å². The highest BCUT2D eigenvalue weighted by atomic mass is 35.5. The summed E-state index contributed by atoms with van der Waals surface area (Å²) >= 11 is 6.34. The van der Waals surface area contributed by atoms with Crippen molar-refractivity contribution in [1.29, 1.82) is 0 Å². The summed E-state index contributed by atoms with van der Waals surface area (Å²) in [5.74, 6) is 0.125. The van der Waals surface area contributed by atoms with E-state index in [0.717, 1.165) is 25.7 Å². The van der Waals surface area contributed by atoms with Gasteiger partial charge in [-0.25, -0.2) is 9.82 Å². The van der Waals surface area contributed by atoms with Crippen LogP contribution in [-0.4, -0.2) is 96.7 Å². The van der Waals surface area contributed by atoms with Crippen molar-refractivity contribution in [3.05, 3.63) is 0 Å². The van der Waals surface area contributed by atoms with Crippen molar-refractivity contribution >= 4 is 23.4 Å². The number of halogens is 2. The van der Waals surface area contributed by atoms with E-state index < -0.39 is 11.5 Å². The van der Waals surface area contributed by atoms with Crippen LogP contribution in [0.5, 0.6) is 0 Å². The second kappa shape index (κ2) is 8.65. The largest absolute Gasteiger partial charge is 0.382 e. The minimum absolute atomic E-state index is 0.000196. The molecule has 8 unspecified atom stereocenters. The number of carbonyl (C=O) groups is 2. The number of nitrogens with zero attached hydrogens (tertiary/aromatic N) is 2. The smallest absolute Gasteiger partial charge is 0.241 e. The number of rotatable bonds is 5. The molecule has 5 aliphatic rings. The molecule has 2 amide bonds. The molecule has 0 aromatic carbocycles. The molecule has 10 heteroatoms. The highest BCUT2D eigenvalue weighted by molar-refractivity contribution is 6.21. The zero-order valence-corrected chi connectivity index (χ0v) is 19.6. The normalized spacial score (nSPS) is 42.3. The lowest BCUT2D eigenvalue weighted by molar-refractivity contribution is -0.140. The molecule has 5 fully saturated rings. The van der Waals surface area contributed by atoms with Crippen molar-refractivity contribution < 1.29 is 18.7 Å². The zero-order valence-electron chi connectivity index (χ0n) is 18.9. The lowest BCUT2D eigenvalue weighted by Gasteiger charge is -2.38. The maximum Gasteiger partial charge on any atom is 0.241 e. The molecule has 3 aliphatic heterocycles. The summed E-state index contributed by atoms with van der Waals surface area (Å²) in [6.07, 6.45) is 3.49. The molecular weight excluding hydrogens is 437 g/mol. The summed E-state index contributed by atoms with van der Waals surface area (Å²) in [5, 5.41) is 2.91. The first-order valence-corrected chi connectivity index (χ1v) is 12.4.